The Morgan fingerprint density at radius 1 is 0.300 bits per heavy atom. The molecule has 4 aliphatic carbocycles. The molecule has 0 radical (unpaired) electrons. The average molecular weight is 1030 g/mol. The van der Waals surface area contributed by atoms with Crippen LogP contribution in [0.25, 0.3) is 39.0 Å². The molecule has 0 spiro atoms. The number of benzene rings is 10. The smallest absolute Gasteiger partial charge is 0.0502 e. The molecule has 2 heteroatoms. The van der Waals surface area contributed by atoms with Gasteiger partial charge in [0.05, 0.1) is 22.7 Å². The van der Waals surface area contributed by atoms with Gasteiger partial charge in [0, 0.05) is 44.4 Å². The summed E-state index contributed by atoms with van der Waals surface area (Å²) in [5.41, 5.74) is 36.0. The molecule has 0 N–H and O–H groups in total. The molecule has 0 fully saturated rings. The van der Waals surface area contributed by atoms with Crippen LogP contribution in [-0.4, -0.2) is 0 Å². The second kappa shape index (κ2) is 15.7. The largest absolute Gasteiger partial charge is 0.310 e. The van der Waals surface area contributed by atoms with Crippen molar-refractivity contribution in [2.24, 2.45) is 0 Å². The minimum atomic E-state index is -0.353. The maximum Gasteiger partial charge on any atom is 0.0502 e. The molecule has 0 amide bonds. The Hall–Kier alpha value is -8.46. The van der Waals surface area contributed by atoms with E-state index in [0.29, 0.717) is 0 Å². The first-order valence-electron chi connectivity index (χ1n) is 29.0. The fraction of sp³-hybridized carbons (Fsp3) is 0.205. The Balaban J connectivity index is 0.946. The van der Waals surface area contributed by atoms with Gasteiger partial charge in [-0.05, 0) is 171 Å². The number of para-hydroxylation sites is 4. The van der Waals surface area contributed by atoms with Gasteiger partial charge in [0.2, 0.25) is 0 Å². The molecule has 388 valence electrons. The summed E-state index contributed by atoms with van der Waals surface area (Å²) >= 11 is 0. The van der Waals surface area contributed by atoms with Crippen molar-refractivity contribution >= 4 is 39.7 Å². The van der Waals surface area contributed by atoms with E-state index in [4.69, 9.17) is 0 Å². The minimum absolute atomic E-state index is 0.0811. The quantitative estimate of drug-likeness (QED) is 0.174. The molecular weight excluding hydrogens is 965 g/mol. The summed E-state index contributed by atoms with van der Waals surface area (Å²) in [7, 11) is 0. The van der Waals surface area contributed by atoms with Crippen molar-refractivity contribution in [2.45, 2.75) is 102 Å². The van der Waals surface area contributed by atoms with Crippen LogP contribution in [0.5, 0.6) is 0 Å². The number of anilines is 6. The van der Waals surface area contributed by atoms with E-state index in [0.717, 1.165) is 5.57 Å². The van der Waals surface area contributed by atoms with Crippen molar-refractivity contribution in [1.82, 2.24) is 0 Å². The van der Waals surface area contributed by atoms with Gasteiger partial charge in [0.1, 0.15) is 0 Å². The highest BCUT2D eigenvalue weighted by molar-refractivity contribution is 6.06. The molecule has 10 aromatic carbocycles. The molecule has 0 bridgehead atoms. The Bertz CT molecular complexity index is 4170. The Morgan fingerprint density at radius 3 is 0.988 bits per heavy atom. The molecule has 2 aliphatic heterocycles. The van der Waals surface area contributed by atoms with Crippen LogP contribution in [0.15, 0.2) is 207 Å². The molecule has 0 aromatic heterocycles. The molecule has 2 nitrogen and oxygen atoms in total. The monoisotopic (exact) mass is 1030 g/mol. The van der Waals surface area contributed by atoms with Crippen LogP contribution in [0.1, 0.15) is 159 Å². The third kappa shape index (κ3) is 5.84. The number of nitrogens with zero attached hydrogens (tertiary/aromatic N) is 2. The fourth-order valence-electron chi connectivity index (χ4n) is 16.7. The van der Waals surface area contributed by atoms with Crippen molar-refractivity contribution in [3.8, 4) is 33.4 Å². The van der Waals surface area contributed by atoms with Crippen LogP contribution in [0.2, 0.25) is 0 Å². The zero-order valence-electron chi connectivity index (χ0n) is 47.7. The number of hydrogen-bond donors (Lipinski definition) is 0. The zero-order valence-corrected chi connectivity index (χ0v) is 47.7. The van der Waals surface area contributed by atoms with E-state index in [1.54, 1.807) is 0 Å². The van der Waals surface area contributed by atoms with E-state index in [9.17, 15) is 0 Å². The first kappa shape index (κ1) is 47.5. The van der Waals surface area contributed by atoms with Crippen LogP contribution in [0.3, 0.4) is 0 Å². The zero-order chi connectivity index (χ0) is 54.7. The normalized spacial score (nSPS) is 17.8. The van der Waals surface area contributed by atoms with Gasteiger partial charge in [0.25, 0.3) is 0 Å². The number of fused-ring (bicyclic) bond motifs is 18. The summed E-state index contributed by atoms with van der Waals surface area (Å²) in [6.07, 6.45) is 0. The maximum atomic E-state index is 4.67. The highest BCUT2D eigenvalue weighted by atomic mass is 15.2. The first-order valence-corrected chi connectivity index (χ1v) is 29.0. The summed E-state index contributed by atoms with van der Waals surface area (Å²) in [5, 5.41) is 0. The van der Waals surface area contributed by atoms with E-state index in [2.05, 4.69) is 286 Å². The van der Waals surface area contributed by atoms with Crippen LogP contribution in [-0.2, 0) is 27.1 Å². The molecule has 0 saturated carbocycles. The summed E-state index contributed by atoms with van der Waals surface area (Å²) in [6.45, 7) is 29.4. The summed E-state index contributed by atoms with van der Waals surface area (Å²) < 4.78 is 0. The van der Waals surface area contributed by atoms with E-state index in [-0.39, 0.29) is 33.0 Å². The Labute approximate surface area is 472 Å². The summed E-state index contributed by atoms with van der Waals surface area (Å²) in [5.74, 6) is 0.0811. The van der Waals surface area contributed by atoms with Gasteiger partial charge in [0.15, 0.2) is 0 Å². The second-order valence-electron chi connectivity index (χ2n) is 26.5. The molecule has 2 heterocycles. The predicted molar refractivity (Wildman–Crippen MR) is 335 cm³/mol. The fourth-order valence-corrected chi connectivity index (χ4v) is 16.7. The minimum Gasteiger partial charge on any atom is -0.310 e. The lowest BCUT2D eigenvalue weighted by atomic mass is 9.71. The van der Waals surface area contributed by atoms with Crippen LogP contribution in [0, 0.1) is 0 Å². The predicted octanol–water partition coefficient (Wildman–Crippen LogP) is 20.4. The van der Waals surface area contributed by atoms with Gasteiger partial charge >= 0.3 is 0 Å². The summed E-state index contributed by atoms with van der Waals surface area (Å²) in [4.78, 5) is 5.08. The van der Waals surface area contributed by atoms with Gasteiger partial charge < -0.3 is 9.80 Å². The maximum absolute atomic E-state index is 4.67. The van der Waals surface area contributed by atoms with Crippen molar-refractivity contribution in [3.63, 3.8) is 0 Å². The number of rotatable bonds is 3. The third-order valence-corrected chi connectivity index (χ3v) is 20.6. The average Bonchev–Trinajstić information content (AvgIpc) is 3.88. The van der Waals surface area contributed by atoms with E-state index in [1.165, 1.54) is 151 Å². The van der Waals surface area contributed by atoms with Gasteiger partial charge in [-0.1, -0.05) is 227 Å². The van der Waals surface area contributed by atoms with Crippen molar-refractivity contribution < 1.29 is 0 Å². The second-order valence-corrected chi connectivity index (χ2v) is 26.5. The first-order chi connectivity index (χ1) is 38.4. The Kier molecular flexibility index (Phi) is 9.31. The van der Waals surface area contributed by atoms with E-state index < -0.39 is 0 Å². The standard InChI is InChI=1S/C78H66N2/c1-45-49-24-12-14-26-51(49)67(52-27-15-13-25-50(45)52)46-36-39-53-60(42-46)76(6,7)71-68(53)72-70(55-41-38-48(44-62(55)77(72,8)9)80-65-34-22-18-30-58(65)75(4,5)59-31-19-23-35-66(59)80)73-69(71)54-40-37-47(43-61(54)78(73,10)11)79-63-32-20-16-28-56(63)74(2,3)57-29-17-21-33-64(57)79/h12-44,67H,1H2,2-11H3. The van der Waals surface area contributed by atoms with Crippen molar-refractivity contribution in [2.75, 3.05) is 9.80 Å². The molecule has 0 atom stereocenters. The van der Waals surface area contributed by atoms with Crippen LogP contribution in [0.4, 0.5) is 34.1 Å². The summed E-state index contributed by atoms with van der Waals surface area (Å²) in [6, 6.07) is 76.8. The molecule has 6 aliphatic rings. The van der Waals surface area contributed by atoms with Gasteiger partial charge in [-0.25, -0.2) is 0 Å². The lowest BCUT2D eigenvalue weighted by molar-refractivity contribution is 0.630. The molecule has 16 rings (SSSR count). The van der Waals surface area contributed by atoms with Gasteiger partial charge in [-0.3, -0.25) is 0 Å². The van der Waals surface area contributed by atoms with Crippen LogP contribution >= 0.6 is 0 Å². The highest BCUT2D eigenvalue weighted by Gasteiger charge is 2.53. The van der Waals surface area contributed by atoms with E-state index in [1.807, 2.05) is 0 Å². The highest BCUT2D eigenvalue weighted by Crippen LogP contribution is 2.69. The van der Waals surface area contributed by atoms with Gasteiger partial charge in [-0.15, -0.1) is 0 Å². The Morgan fingerprint density at radius 2 is 0.613 bits per heavy atom. The van der Waals surface area contributed by atoms with Gasteiger partial charge in [-0.2, -0.15) is 0 Å². The van der Waals surface area contributed by atoms with Crippen molar-refractivity contribution in [1.29, 1.82) is 0 Å². The third-order valence-electron chi connectivity index (χ3n) is 20.6. The van der Waals surface area contributed by atoms with Crippen LogP contribution < -0.4 is 9.80 Å². The van der Waals surface area contributed by atoms with Crippen molar-refractivity contribution in [3.05, 3.63) is 290 Å². The number of hydrogen-bond acceptors (Lipinski definition) is 2. The molecule has 0 unspecified atom stereocenters. The van der Waals surface area contributed by atoms with E-state index >= 15 is 0 Å². The SMILES string of the molecule is C=C1c2ccccc2C(c2ccc3c(c2)C(C)(C)c2c-3c3c(c4c2-c2ccc(N5c6ccccc6C(C)(C)c6ccccc65)cc2C4(C)C)-c2ccc(N4c5ccccc5C(C)(C)c5ccccc54)cc2C3(C)C)c2ccccc21. The molecule has 0 saturated heterocycles. The molecular formula is C78H66N2. The lowest BCUT2D eigenvalue weighted by Gasteiger charge is -2.42. The lowest BCUT2D eigenvalue weighted by Crippen LogP contribution is -2.30. The topological polar surface area (TPSA) is 6.48 Å². The molecule has 10 aromatic rings. The molecule has 80 heavy (non-hydrogen) atoms.